The Morgan fingerprint density at radius 3 is 2.57 bits per heavy atom. The zero-order valence-electron chi connectivity index (χ0n) is 13.6. The van der Waals surface area contributed by atoms with Gasteiger partial charge in [-0.1, -0.05) is 20.3 Å². The Kier molecular flexibility index (Phi) is 4.58. The van der Waals surface area contributed by atoms with Gasteiger partial charge < -0.3 is 9.47 Å². The number of hydrogen-bond donors (Lipinski definition) is 0. The Bertz CT molecular complexity index is 373. The molecular formula is C18H30O3. The van der Waals surface area contributed by atoms with Crippen molar-refractivity contribution in [2.24, 2.45) is 11.8 Å². The Morgan fingerprint density at radius 1 is 1.29 bits per heavy atom. The predicted octanol–water partition coefficient (Wildman–Crippen LogP) is 4.24. The summed E-state index contributed by atoms with van der Waals surface area (Å²) in [6.07, 6.45) is 11.7. The molecule has 4 unspecified atom stereocenters. The number of carbonyl (C=O) groups is 1. The Morgan fingerprint density at radius 2 is 2.05 bits per heavy atom. The van der Waals surface area contributed by atoms with Crippen molar-refractivity contribution >= 4 is 5.97 Å². The molecule has 0 N–H and O–H groups in total. The quantitative estimate of drug-likeness (QED) is 0.687. The maximum absolute atomic E-state index is 12.6. The van der Waals surface area contributed by atoms with Crippen molar-refractivity contribution < 1.29 is 14.3 Å². The average molecular weight is 294 g/mol. The van der Waals surface area contributed by atoms with Crippen molar-refractivity contribution in [3.63, 3.8) is 0 Å². The van der Waals surface area contributed by atoms with E-state index in [9.17, 15) is 4.79 Å². The van der Waals surface area contributed by atoms with Gasteiger partial charge in [0.15, 0.2) is 0 Å². The number of fused-ring (bicyclic) bond motifs is 2. The normalized spacial score (nSPS) is 35.0. The third-order valence-corrected chi connectivity index (χ3v) is 6.00. The fraction of sp³-hybridized carbons (Fsp3) is 0.944. The minimum Gasteiger partial charge on any atom is -0.458 e. The number of esters is 1. The molecule has 1 saturated carbocycles. The van der Waals surface area contributed by atoms with Crippen LogP contribution >= 0.6 is 0 Å². The zero-order chi connectivity index (χ0) is 14.9. The van der Waals surface area contributed by atoms with Gasteiger partial charge in [0.25, 0.3) is 0 Å². The highest BCUT2D eigenvalue weighted by molar-refractivity contribution is 5.73. The van der Waals surface area contributed by atoms with Gasteiger partial charge in [0.1, 0.15) is 5.60 Å². The summed E-state index contributed by atoms with van der Waals surface area (Å²) < 4.78 is 12.3. The summed E-state index contributed by atoms with van der Waals surface area (Å²) in [6, 6.07) is 0. The van der Waals surface area contributed by atoms with E-state index in [0.717, 1.165) is 38.5 Å². The van der Waals surface area contributed by atoms with Crippen molar-refractivity contribution in [1.82, 2.24) is 0 Å². The Hall–Kier alpha value is -0.570. The van der Waals surface area contributed by atoms with E-state index in [2.05, 4.69) is 13.8 Å². The van der Waals surface area contributed by atoms with Crippen LogP contribution in [0.3, 0.4) is 0 Å². The molecule has 0 spiro atoms. The second kappa shape index (κ2) is 6.28. The lowest BCUT2D eigenvalue weighted by Gasteiger charge is -2.39. The molecule has 3 nitrogen and oxygen atoms in total. The number of carbonyl (C=O) groups excluding carboxylic acids is 1. The van der Waals surface area contributed by atoms with E-state index in [0.29, 0.717) is 18.1 Å². The lowest BCUT2D eigenvalue weighted by molar-refractivity contribution is -0.173. The predicted molar refractivity (Wildman–Crippen MR) is 82.0 cm³/mol. The average Bonchev–Trinajstić information content (AvgIpc) is 3.20. The van der Waals surface area contributed by atoms with Crippen molar-refractivity contribution in [2.45, 2.75) is 95.9 Å². The van der Waals surface area contributed by atoms with E-state index in [1.807, 2.05) is 0 Å². The fourth-order valence-electron chi connectivity index (χ4n) is 4.83. The third-order valence-electron chi connectivity index (χ3n) is 6.00. The lowest BCUT2D eigenvalue weighted by Crippen LogP contribution is -2.45. The van der Waals surface area contributed by atoms with Crippen molar-refractivity contribution in [3.05, 3.63) is 0 Å². The van der Waals surface area contributed by atoms with Crippen molar-refractivity contribution in [3.8, 4) is 0 Å². The van der Waals surface area contributed by atoms with E-state index >= 15 is 0 Å². The first kappa shape index (κ1) is 15.3. The van der Waals surface area contributed by atoms with Crippen LogP contribution in [0.1, 0.15) is 78.1 Å². The highest BCUT2D eigenvalue weighted by atomic mass is 16.6. The van der Waals surface area contributed by atoms with E-state index in [4.69, 9.17) is 9.47 Å². The molecule has 0 aromatic carbocycles. The highest BCUT2D eigenvalue weighted by Gasteiger charge is 2.55. The summed E-state index contributed by atoms with van der Waals surface area (Å²) in [6.45, 7) is 4.24. The highest BCUT2D eigenvalue weighted by Crippen LogP contribution is 2.51. The Balaban J connectivity index is 1.71. The monoisotopic (exact) mass is 294 g/mol. The van der Waals surface area contributed by atoms with Gasteiger partial charge in [0.05, 0.1) is 18.1 Å². The first-order chi connectivity index (χ1) is 10.2. The molecule has 0 aromatic rings. The van der Waals surface area contributed by atoms with Crippen molar-refractivity contribution in [2.75, 3.05) is 0 Å². The molecule has 2 heterocycles. The van der Waals surface area contributed by atoms with Crippen LogP contribution in [-0.4, -0.2) is 23.8 Å². The molecule has 0 amide bonds. The summed E-state index contributed by atoms with van der Waals surface area (Å²) in [4.78, 5) is 12.6. The second-order valence-electron chi connectivity index (χ2n) is 7.30. The van der Waals surface area contributed by atoms with Crippen LogP contribution in [0.4, 0.5) is 0 Å². The molecule has 0 radical (unpaired) electrons. The number of rotatable bonds is 6. The van der Waals surface area contributed by atoms with Crippen LogP contribution < -0.4 is 0 Å². The maximum atomic E-state index is 12.6. The smallest absolute Gasteiger partial charge is 0.309 e. The molecule has 1 aliphatic carbocycles. The van der Waals surface area contributed by atoms with Gasteiger partial charge in [0.2, 0.25) is 0 Å². The van der Waals surface area contributed by atoms with Gasteiger partial charge >= 0.3 is 5.97 Å². The van der Waals surface area contributed by atoms with Crippen LogP contribution in [0.2, 0.25) is 0 Å². The summed E-state index contributed by atoms with van der Waals surface area (Å²) in [5, 5.41) is 0. The topological polar surface area (TPSA) is 35.5 Å². The van der Waals surface area contributed by atoms with Gasteiger partial charge in [0, 0.05) is 5.92 Å². The minimum atomic E-state index is -0.196. The molecule has 4 atom stereocenters. The molecule has 3 fully saturated rings. The molecular weight excluding hydrogens is 264 g/mol. The molecule has 3 heteroatoms. The standard InChI is InChI=1S/C18H30O3/c1-3-7-13(4-2)17(19)21-18(10-5-6-11-18)15-12-14-8-9-16(15)20-14/h13-16H,3-12H2,1-2H3. The van der Waals surface area contributed by atoms with E-state index in [1.54, 1.807) is 0 Å². The molecule has 2 saturated heterocycles. The Labute approximate surface area is 128 Å². The SMILES string of the molecule is CCCC(CC)C(=O)OC1(C2CC3CCC2O3)CCCC1. The largest absolute Gasteiger partial charge is 0.458 e. The van der Waals surface area contributed by atoms with Crippen LogP contribution in [0.5, 0.6) is 0 Å². The van der Waals surface area contributed by atoms with Crippen LogP contribution in [-0.2, 0) is 14.3 Å². The number of hydrogen-bond acceptors (Lipinski definition) is 3. The summed E-state index contributed by atoms with van der Waals surface area (Å²) in [7, 11) is 0. The summed E-state index contributed by atoms with van der Waals surface area (Å²) in [5.41, 5.74) is -0.196. The molecule has 3 aliphatic rings. The van der Waals surface area contributed by atoms with Gasteiger partial charge in [-0.2, -0.15) is 0 Å². The van der Waals surface area contributed by atoms with Gasteiger partial charge in [-0.05, 0) is 57.8 Å². The zero-order valence-corrected chi connectivity index (χ0v) is 13.6. The molecule has 21 heavy (non-hydrogen) atoms. The van der Waals surface area contributed by atoms with E-state index < -0.39 is 0 Å². The van der Waals surface area contributed by atoms with Crippen LogP contribution in [0.25, 0.3) is 0 Å². The van der Waals surface area contributed by atoms with Crippen LogP contribution in [0.15, 0.2) is 0 Å². The first-order valence-corrected chi connectivity index (χ1v) is 9.07. The first-order valence-electron chi connectivity index (χ1n) is 9.07. The fourth-order valence-corrected chi connectivity index (χ4v) is 4.83. The number of ether oxygens (including phenoxy) is 2. The van der Waals surface area contributed by atoms with E-state index in [1.165, 1.54) is 25.7 Å². The summed E-state index contributed by atoms with van der Waals surface area (Å²) >= 11 is 0. The maximum Gasteiger partial charge on any atom is 0.309 e. The van der Waals surface area contributed by atoms with Gasteiger partial charge in [-0.3, -0.25) is 4.79 Å². The molecule has 120 valence electrons. The van der Waals surface area contributed by atoms with Crippen molar-refractivity contribution in [1.29, 1.82) is 0 Å². The minimum absolute atomic E-state index is 0.0593. The molecule has 0 aromatic heterocycles. The third kappa shape index (κ3) is 2.86. The second-order valence-corrected chi connectivity index (χ2v) is 7.30. The van der Waals surface area contributed by atoms with Gasteiger partial charge in [-0.15, -0.1) is 0 Å². The molecule has 3 rings (SSSR count). The lowest BCUT2D eigenvalue weighted by atomic mass is 9.75. The molecule has 2 aliphatic heterocycles. The van der Waals surface area contributed by atoms with Crippen LogP contribution in [0, 0.1) is 11.8 Å². The van der Waals surface area contributed by atoms with E-state index in [-0.39, 0.29) is 17.5 Å². The molecule has 2 bridgehead atoms. The van der Waals surface area contributed by atoms with Gasteiger partial charge in [-0.25, -0.2) is 0 Å². The summed E-state index contributed by atoms with van der Waals surface area (Å²) in [5.74, 6) is 0.609.